The van der Waals surface area contributed by atoms with E-state index in [9.17, 15) is 15.0 Å². The van der Waals surface area contributed by atoms with E-state index in [1.54, 1.807) is 18.2 Å². The first-order chi connectivity index (χ1) is 9.58. The molecule has 3 aromatic rings. The minimum Gasteiger partial charge on any atom is -0.507 e. The Hall–Kier alpha value is -2.46. The molecule has 5 heteroatoms. The van der Waals surface area contributed by atoms with Crippen molar-refractivity contribution in [1.29, 1.82) is 0 Å². The van der Waals surface area contributed by atoms with Crippen LogP contribution in [0.3, 0.4) is 0 Å². The molecule has 0 radical (unpaired) electrons. The van der Waals surface area contributed by atoms with Gasteiger partial charge in [-0.1, -0.05) is 29.8 Å². The van der Waals surface area contributed by atoms with Crippen molar-refractivity contribution in [2.24, 2.45) is 0 Å². The molecule has 2 N–H and O–H groups in total. The molecular formula is C15H9ClO4. The average molecular weight is 289 g/mol. The van der Waals surface area contributed by atoms with Crippen LogP contribution in [0.1, 0.15) is 0 Å². The van der Waals surface area contributed by atoms with Gasteiger partial charge in [0.2, 0.25) is 0 Å². The van der Waals surface area contributed by atoms with Crippen molar-refractivity contribution in [1.82, 2.24) is 0 Å². The molecule has 0 atom stereocenters. The van der Waals surface area contributed by atoms with Crippen molar-refractivity contribution in [3.8, 4) is 22.6 Å². The lowest BCUT2D eigenvalue weighted by Gasteiger charge is -2.08. The molecule has 0 saturated heterocycles. The maximum atomic E-state index is 12.0. The fourth-order valence-corrected chi connectivity index (χ4v) is 2.25. The predicted molar refractivity (Wildman–Crippen MR) is 76.3 cm³/mol. The normalized spacial score (nSPS) is 10.8. The topological polar surface area (TPSA) is 70.7 Å². The first kappa shape index (κ1) is 12.6. The van der Waals surface area contributed by atoms with Crippen LogP contribution < -0.4 is 5.63 Å². The van der Waals surface area contributed by atoms with Crippen molar-refractivity contribution in [3.05, 3.63) is 57.9 Å². The average Bonchev–Trinajstić information content (AvgIpc) is 2.42. The van der Waals surface area contributed by atoms with Gasteiger partial charge in [-0.2, -0.15) is 0 Å². The third kappa shape index (κ3) is 1.90. The van der Waals surface area contributed by atoms with Gasteiger partial charge in [0.1, 0.15) is 22.6 Å². The molecule has 0 aliphatic carbocycles. The van der Waals surface area contributed by atoms with Gasteiger partial charge in [-0.25, -0.2) is 4.79 Å². The van der Waals surface area contributed by atoms with Crippen molar-refractivity contribution < 1.29 is 14.6 Å². The van der Waals surface area contributed by atoms with Crippen LogP contribution in [0.25, 0.3) is 22.1 Å². The second-order valence-electron chi connectivity index (χ2n) is 4.27. The Bertz CT molecular complexity index is 867. The van der Waals surface area contributed by atoms with E-state index in [-0.39, 0.29) is 28.2 Å². The Morgan fingerprint density at radius 1 is 1.05 bits per heavy atom. The molecule has 0 saturated carbocycles. The Morgan fingerprint density at radius 3 is 2.55 bits per heavy atom. The first-order valence-corrected chi connectivity index (χ1v) is 6.19. The Morgan fingerprint density at radius 2 is 1.80 bits per heavy atom. The number of phenolic OH excluding ortho intramolecular Hbond substituents is 1. The number of aromatic hydroxyl groups is 2. The van der Waals surface area contributed by atoms with Gasteiger partial charge < -0.3 is 14.6 Å². The van der Waals surface area contributed by atoms with Gasteiger partial charge in [-0.15, -0.1) is 0 Å². The fourth-order valence-electron chi connectivity index (χ4n) is 2.08. The lowest BCUT2D eigenvalue weighted by molar-refractivity contribution is 0.463. The van der Waals surface area contributed by atoms with Crippen LogP contribution >= 0.6 is 11.6 Å². The largest absolute Gasteiger partial charge is 0.507 e. The van der Waals surface area contributed by atoms with E-state index in [0.717, 1.165) is 0 Å². The molecule has 20 heavy (non-hydrogen) atoms. The van der Waals surface area contributed by atoms with Gasteiger partial charge in [0.05, 0.1) is 5.39 Å². The summed E-state index contributed by atoms with van der Waals surface area (Å²) in [5.41, 5.74) is -0.367. The number of para-hydroxylation sites is 1. The minimum atomic E-state index is -0.723. The van der Waals surface area contributed by atoms with E-state index in [0.29, 0.717) is 10.4 Å². The number of fused-ring (bicyclic) bond motifs is 1. The van der Waals surface area contributed by atoms with Gasteiger partial charge >= 0.3 is 5.63 Å². The van der Waals surface area contributed by atoms with Crippen molar-refractivity contribution in [3.63, 3.8) is 0 Å². The SMILES string of the molecule is O=c1oc2ccc(Cl)cc2c(O)c1-c1ccccc1O. The third-order valence-corrected chi connectivity index (χ3v) is 3.25. The van der Waals surface area contributed by atoms with Crippen LogP contribution in [0.5, 0.6) is 11.5 Å². The van der Waals surface area contributed by atoms with Crippen molar-refractivity contribution >= 4 is 22.6 Å². The zero-order chi connectivity index (χ0) is 14.3. The molecule has 0 amide bonds. The molecule has 0 aliphatic rings. The highest BCUT2D eigenvalue weighted by atomic mass is 35.5. The molecule has 0 spiro atoms. The zero-order valence-electron chi connectivity index (χ0n) is 10.1. The van der Waals surface area contributed by atoms with Gasteiger partial charge in [0.25, 0.3) is 0 Å². The van der Waals surface area contributed by atoms with Crippen LogP contribution in [0.15, 0.2) is 51.7 Å². The Labute approximate surface area is 118 Å². The molecule has 0 fully saturated rings. The second-order valence-corrected chi connectivity index (χ2v) is 4.71. The van der Waals surface area contributed by atoms with Gasteiger partial charge in [-0.05, 0) is 24.3 Å². The molecule has 4 nitrogen and oxygen atoms in total. The maximum Gasteiger partial charge on any atom is 0.348 e. The smallest absolute Gasteiger partial charge is 0.348 e. The monoisotopic (exact) mass is 288 g/mol. The molecular weight excluding hydrogens is 280 g/mol. The summed E-state index contributed by atoms with van der Waals surface area (Å²) in [5, 5.41) is 20.8. The molecule has 2 aromatic carbocycles. The predicted octanol–water partition coefficient (Wildman–Crippen LogP) is 3.52. The van der Waals surface area contributed by atoms with Crippen molar-refractivity contribution in [2.75, 3.05) is 0 Å². The van der Waals surface area contributed by atoms with Crippen molar-refractivity contribution in [2.45, 2.75) is 0 Å². The summed E-state index contributed by atoms with van der Waals surface area (Å²) in [6, 6.07) is 10.8. The number of halogens is 1. The lowest BCUT2D eigenvalue weighted by Crippen LogP contribution is -2.03. The second kappa shape index (κ2) is 4.58. The van der Waals surface area contributed by atoms with Crippen LogP contribution in [-0.2, 0) is 0 Å². The number of hydrogen-bond donors (Lipinski definition) is 2. The highest BCUT2D eigenvalue weighted by molar-refractivity contribution is 6.31. The highest BCUT2D eigenvalue weighted by Gasteiger charge is 2.18. The molecule has 1 heterocycles. The van der Waals surface area contributed by atoms with Gasteiger partial charge in [0, 0.05) is 10.6 Å². The third-order valence-electron chi connectivity index (χ3n) is 3.01. The molecule has 1 aromatic heterocycles. The van der Waals surface area contributed by atoms with E-state index >= 15 is 0 Å². The first-order valence-electron chi connectivity index (χ1n) is 5.81. The number of rotatable bonds is 1. The minimum absolute atomic E-state index is 0.0853. The quantitative estimate of drug-likeness (QED) is 0.672. The lowest BCUT2D eigenvalue weighted by atomic mass is 10.0. The zero-order valence-corrected chi connectivity index (χ0v) is 10.9. The summed E-state index contributed by atoms with van der Waals surface area (Å²) in [6.07, 6.45) is 0. The molecule has 0 unspecified atom stereocenters. The fraction of sp³-hybridized carbons (Fsp3) is 0. The Balaban J connectivity index is 2.43. The van der Waals surface area contributed by atoms with E-state index < -0.39 is 5.63 Å². The van der Waals surface area contributed by atoms with Crippen LogP contribution in [-0.4, -0.2) is 10.2 Å². The molecule has 0 bridgehead atoms. The van der Waals surface area contributed by atoms with E-state index in [1.165, 1.54) is 24.3 Å². The highest BCUT2D eigenvalue weighted by Crippen LogP contribution is 2.37. The summed E-state index contributed by atoms with van der Waals surface area (Å²) in [5.74, 6) is -0.378. The Kier molecular flexibility index (Phi) is 2.88. The van der Waals surface area contributed by atoms with E-state index in [2.05, 4.69) is 0 Å². The number of benzene rings is 2. The number of hydrogen-bond acceptors (Lipinski definition) is 4. The summed E-state index contributed by atoms with van der Waals surface area (Å²) >= 11 is 5.88. The molecule has 100 valence electrons. The summed E-state index contributed by atoms with van der Waals surface area (Å²) in [6.45, 7) is 0. The molecule has 0 aliphatic heterocycles. The number of phenols is 1. The standard InChI is InChI=1S/C15H9ClO4/c16-8-5-6-12-10(7-8)14(18)13(15(19)20-12)9-3-1-2-4-11(9)17/h1-7,17-18H. The van der Waals surface area contributed by atoms with E-state index in [4.69, 9.17) is 16.0 Å². The van der Waals surface area contributed by atoms with Crippen LogP contribution in [0.4, 0.5) is 0 Å². The van der Waals surface area contributed by atoms with E-state index in [1.807, 2.05) is 0 Å². The summed E-state index contributed by atoms with van der Waals surface area (Å²) < 4.78 is 5.15. The summed E-state index contributed by atoms with van der Waals surface area (Å²) in [4.78, 5) is 12.0. The summed E-state index contributed by atoms with van der Waals surface area (Å²) in [7, 11) is 0. The molecule has 3 rings (SSSR count). The maximum absolute atomic E-state index is 12.0. The van der Waals surface area contributed by atoms with Crippen LogP contribution in [0.2, 0.25) is 5.02 Å². The van der Waals surface area contributed by atoms with Gasteiger partial charge in [0.15, 0.2) is 0 Å². The van der Waals surface area contributed by atoms with Gasteiger partial charge in [-0.3, -0.25) is 0 Å². The van der Waals surface area contributed by atoms with Crippen LogP contribution in [0, 0.1) is 0 Å².